The minimum absolute atomic E-state index is 0. The van der Waals surface area contributed by atoms with Crippen LogP contribution in [-0.2, 0) is 14.4 Å². The highest BCUT2D eigenvalue weighted by molar-refractivity contribution is 5.82. The molecule has 0 heterocycles. The molecule has 0 unspecified atom stereocenters. The van der Waals surface area contributed by atoms with E-state index in [-0.39, 0.29) is 26.2 Å². The van der Waals surface area contributed by atoms with E-state index in [0.717, 1.165) is 38.5 Å². The zero-order valence-corrected chi connectivity index (χ0v) is 16.3. The van der Waals surface area contributed by atoms with Crippen LogP contribution in [-0.4, -0.2) is 52.0 Å². The average molecular weight is 389 g/mol. The van der Waals surface area contributed by atoms with Crippen LogP contribution in [0.2, 0.25) is 0 Å². The number of Topliss-reactive ketones (excluding diaryl/α,β-unsaturated/α-hetero) is 2. The summed E-state index contributed by atoms with van der Waals surface area (Å²) in [5.41, 5.74) is 5.30. The van der Waals surface area contributed by atoms with E-state index in [4.69, 9.17) is 10.8 Å². The SMILES string of the molecule is C.CC(C)CCCC(=O)CCCCCCC(=O)CCN(O)C(=O)[C@@H](N)CO. The van der Waals surface area contributed by atoms with Crippen LogP contribution < -0.4 is 5.73 Å². The first-order valence-electron chi connectivity index (χ1n) is 9.68. The highest BCUT2D eigenvalue weighted by Gasteiger charge is 2.19. The number of hydroxylamine groups is 2. The molecule has 4 N–H and O–H groups in total. The molecule has 0 aromatic heterocycles. The maximum absolute atomic E-state index is 11.7. The molecule has 7 nitrogen and oxygen atoms in total. The van der Waals surface area contributed by atoms with Gasteiger partial charge in [-0.1, -0.05) is 40.5 Å². The van der Waals surface area contributed by atoms with Crippen LogP contribution in [0.1, 0.15) is 85.5 Å². The van der Waals surface area contributed by atoms with Gasteiger partial charge in [0.25, 0.3) is 5.91 Å². The van der Waals surface area contributed by atoms with Crippen molar-refractivity contribution in [3.63, 3.8) is 0 Å². The molecule has 0 bridgehead atoms. The summed E-state index contributed by atoms with van der Waals surface area (Å²) in [5, 5.41) is 18.6. The molecule has 0 aromatic rings. The zero-order chi connectivity index (χ0) is 19.9. The summed E-state index contributed by atoms with van der Waals surface area (Å²) in [5.74, 6) is 0.149. The molecule has 0 aliphatic rings. The Morgan fingerprint density at radius 1 is 0.889 bits per heavy atom. The van der Waals surface area contributed by atoms with Crippen LogP contribution >= 0.6 is 0 Å². The van der Waals surface area contributed by atoms with Gasteiger partial charge in [-0.25, -0.2) is 5.06 Å². The third-order valence-electron chi connectivity index (χ3n) is 4.27. The zero-order valence-electron chi connectivity index (χ0n) is 16.3. The maximum atomic E-state index is 11.7. The second kappa shape index (κ2) is 16.8. The van der Waals surface area contributed by atoms with Gasteiger partial charge in [-0.05, 0) is 25.2 Å². The lowest BCUT2D eigenvalue weighted by Gasteiger charge is -2.17. The van der Waals surface area contributed by atoms with Gasteiger partial charge in [-0.15, -0.1) is 0 Å². The Labute approximate surface area is 164 Å². The van der Waals surface area contributed by atoms with Crippen molar-refractivity contribution in [2.24, 2.45) is 11.7 Å². The van der Waals surface area contributed by atoms with E-state index in [1.165, 1.54) is 0 Å². The molecule has 0 aromatic carbocycles. The lowest BCUT2D eigenvalue weighted by molar-refractivity contribution is -0.168. The van der Waals surface area contributed by atoms with Crippen molar-refractivity contribution in [1.82, 2.24) is 5.06 Å². The predicted octanol–water partition coefficient (Wildman–Crippen LogP) is 2.86. The number of nitrogens with two attached hydrogens (primary N) is 1. The van der Waals surface area contributed by atoms with Crippen LogP contribution in [0.5, 0.6) is 0 Å². The van der Waals surface area contributed by atoms with Crippen molar-refractivity contribution in [2.45, 2.75) is 91.5 Å². The first-order chi connectivity index (χ1) is 12.3. The van der Waals surface area contributed by atoms with Crippen LogP contribution in [0.3, 0.4) is 0 Å². The maximum Gasteiger partial charge on any atom is 0.265 e. The largest absolute Gasteiger partial charge is 0.394 e. The molecule has 0 aliphatic heterocycles. The molecule has 0 rings (SSSR count). The van der Waals surface area contributed by atoms with Crippen molar-refractivity contribution >= 4 is 17.5 Å². The molecule has 0 saturated heterocycles. The molecular formula is C20H40N2O5. The molecule has 27 heavy (non-hydrogen) atoms. The molecule has 0 spiro atoms. The van der Waals surface area contributed by atoms with Gasteiger partial charge in [0.05, 0.1) is 13.2 Å². The summed E-state index contributed by atoms with van der Waals surface area (Å²) < 4.78 is 0. The number of ketones is 2. The van der Waals surface area contributed by atoms with Crippen LogP contribution in [0.15, 0.2) is 0 Å². The van der Waals surface area contributed by atoms with Crippen molar-refractivity contribution in [3.8, 4) is 0 Å². The number of aliphatic hydroxyl groups is 1. The number of unbranched alkanes of at least 4 members (excludes halogenated alkanes) is 3. The molecule has 7 heteroatoms. The monoisotopic (exact) mass is 388 g/mol. The Bertz CT molecular complexity index is 427. The van der Waals surface area contributed by atoms with Crippen molar-refractivity contribution in [1.29, 1.82) is 0 Å². The Kier molecular flexibility index (Phi) is 17.4. The summed E-state index contributed by atoms with van der Waals surface area (Å²) in [6.45, 7) is 3.65. The number of carbonyl (C=O) groups excluding carboxylic acids is 3. The van der Waals surface area contributed by atoms with Crippen molar-refractivity contribution < 1.29 is 24.7 Å². The average Bonchev–Trinajstić information content (AvgIpc) is 2.60. The smallest absolute Gasteiger partial charge is 0.265 e. The molecule has 160 valence electrons. The lowest BCUT2D eigenvalue weighted by Crippen LogP contribution is -2.44. The van der Waals surface area contributed by atoms with Gasteiger partial charge in [0.1, 0.15) is 17.6 Å². The standard InChI is InChI=1S/C19H36N2O5.CH4/c1-15(2)8-7-11-16(23)9-5-3-4-6-10-17(24)12-13-21(26)19(25)18(20)14-22;/h15,18,22,26H,3-14,20H2,1-2H3;1H4/t18-;/m0./s1. The minimum Gasteiger partial charge on any atom is -0.394 e. The summed E-state index contributed by atoms with van der Waals surface area (Å²) >= 11 is 0. The summed E-state index contributed by atoms with van der Waals surface area (Å²) in [4.78, 5) is 34.9. The van der Waals surface area contributed by atoms with E-state index >= 15 is 0 Å². The summed E-state index contributed by atoms with van der Waals surface area (Å²) in [6.07, 6.45) is 7.26. The third-order valence-corrected chi connectivity index (χ3v) is 4.27. The molecule has 1 amide bonds. The number of amides is 1. The molecule has 0 radical (unpaired) electrons. The van der Waals surface area contributed by atoms with Crippen LogP contribution in [0, 0.1) is 5.92 Å². The van der Waals surface area contributed by atoms with E-state index in [9.17, 15) is 19.6 Å². The Hall–Kier alpha value is -1.31. The fraction of sp³-hybridized carbons (Fsp3) is 0.850. The van der Waals surface area contributed by atoms with Gasteiger partial charge in [-0.3, -0.25) is 19.6 Å². The van der Waals surface area contributed by atoms with Gasteiger partial charge < -0.3 is 10.8 Å². The number of aliphatic hydroxyl groups excluding tert-OH is 1. The molecule has 0 saturated carbocycles. The number of rotatable bonds is 16. The van der Waals surface area contributed by atoms with E-state index in [1.54, 1.807) is 0 Å². The van der Waals surface area contributed by atoms with Gasteiger partial charge in [-0.2, -0.15) is 0 Å². The van der Waals surface area contributed by atoms with E-state index < -0.39 is 18.6 Å². The lowest BCUT2D eigenvalue weighted by atomic mass is 10.0. The van der Waals surface area contributed by atoms with E-state index in [2.05, 4.69) is 13.8 Å². The Morgan fingerprint density at radius 2 is 1.37 bits per heavy atom. The predicted molar refractivity (Wildman–Crippen MR) is 106 cm³/mol. The van der Waals surface area contributed by atoms with Gasteiger partial charge in [0.15, 0.2) is 0 Å². The second-order valence-electron chi connectivity index (χ2n) is 7.28. The van der Waals surface area contributed by atoms with Crippen molar-refractivity contribution in [3.05, 3.63) is 0 Å². The number of hydrogen-bond acceptors (Lipinski definition) is 6. The normalized spacial score (nSPS) is 11.8. The fourth-order valence-corrected chi connectivity index (χ4v) is 2.57. The van der Waals surface area contributed by atoms with Crippen LogP contribution in [0.4, 0.5) is 0 Å². The molecular weight excluding hydrogens is 348 g/mol. The number of nitrogens with zero attached hydrogens (tertiary/aromatic N) is 1. The topological polar surface area (TPSA) is 121 Å². The quantitative estimate of drug-likeness (QED) is 0.212. The molecule has 1 atom stereocenters. The number of carbonyl (C=O) groups is 3. The summed E-state index contributed by atoms with van der Waals surface area (Å²) in [6, 6.07) is -1.16. The van der Waals surface area contributed by atoms with E-state index in [1.807, 2.05) is 0 Å². The molecule has 0 aliphatic carbocycles. The second-order valence-corrected chi connectivity index (χ2v) is 7.28. The third kappa shape index (κ3) is 15.4. The van der Waals surface area contributed by atoms with Gasteiger partial charge in [0, 0.05) is 25.7 Å². The number of hydrogen-bond donors (Lipinski definition) is 3. The fourth-order valence-electron chi connectivity index (χ4n) is 2.57. The highest BCUT2D eigenvalue weighted by atomic mass is 16.5. The first-order valence-corrected chi connectivity index (χ1v) is 9.68. The summed E-state index contributed by atoms with van der Waals surface area (Å²) in [7, 11) is 0. The van der Waals surface area contributed by atoms with E-state index in [0.29, 0.717) is 36.0 Å². The van der Waals surface area contributed by atoms with Gasteiger partial charge in [0.2, 0.25) is 0 Å². The Morgan fingerprint density at radius 3 is 1.85 bits per heavy atom. The molecule has 0 fully saturated rings. The highest BCUT2D eigenvalue weighted by Crippen LogP contribution is 2.11. The van der Waals surface area contributed by atoms with Crippen LogP contribution in [0.25, 0.3) is 0 Å². The van der Waals surface area contributed by atoms with Crippen molar-refractivity contribution in [2.75, 3.05) is 13.2 Å². The van der Waals surface area contributed by atoms with Gasteiger partial charge >= 0.3 is 0 Å². The minimum atomic E-state index is -1.16. The Balaban J connectivity index is 0. The first kappa shape index (κ1) is 27.9.